The second-order valence-corrected chi connectivity index (χ2v) is 9.95. The van der Waals surface area contributed by atoms with Gasteiger partial charge in [0, 0.05) is 11.1 Å². The average Bonchev–Trinajstić information content (AvgIpc) is 3.14. The van der Waals surface area contributed by atoms with E-state index in [0.717, 1.165) is 36.4 Å². The minimum atomic E-state index is -0.154. The first-order valence-corrected chi connectivity index (χ1v) is 11.7. The molecule has 0 amide bonds. The van der Waals surface area contributed by atoms with Crippen LogP contribution in [0.25, 0.3) is 22.5 Å². The average molecular weight is 418 g/mol. The maximum Gasteiger partial charge on any atom is 0.121 e. The predicted molar refractivity (Wildman–Crippen MR) is 128 cm³/mol. The number of hydrogen-bond donors (Lipinski definition) is 0. The van der Waals surface area contributed by atoms with Crippen LogP contribution < -0.4 is 4.74 Å². The summed E-state index contributed by atoms with van der Waals surface area (Å²) >= 11 is 0. The lowest BCUT2D eigenvalue weighted by molar-refractivity contribution is 0.242. The molecule has 1 aliphatic carbocycles. The Labute approximate surface area is 186 Å². The molecule has 4 rings (SSSR count). The Morgan fingerprint density at radius 1 is 1.00 bits per heavy atom. The van der Waals surface area contributed by atoms with E-state index in [2.05, 4.69) is 87.8 Å². The number of benzene rings is 2. The van der Waals surface area contributed by atoms with Crippen molar-refractivity contribution >= 4 is 0 Å². The summed E-state index contributed by atoms with van der Waals surface area (Å²) in [5, 5.41) is 9.33. The molecular weight excluding hydrogens is 382 g/mol. The largest absolute Gasteiger partial charge is 0.491 e. The van der Waals surface area contributed by atoms with E-state index in [1.165, 1.54) is 40.7 Å². The van der Waals surface area contributed by atoms with Crippen LogP contribution in [-0.4, -0.2) is 21.1 Å². The molecule has 1 aromatic heterocycles. The van der Waals surface area contributed by atoms with Gasteiger partial charge in [0.25, 0.3) is 0 Å². The molecule has 0 atom stereocenters. The van der Waals surface area contributed by atoms with Gasteiger partial charge in [-0.05, 0) is 95.2 Å². The van der Waals surface area contributed by atoms with E-state index < -0.39 is 0 Å². The highest BCUT2D eigenvalue weighted by atomic mass is 16.5. The summed E-state index contributed by atoms with van der Waals surface area (Å²) in [5.41, 5.74) is 8.48. The topological polar surface area (TPSA) is 39.9 Å². The van der Waals surface area contributed by atoms with E-state index in [-0.39, 0.29) is 11.6 Å². The monoisotopic (exact) mass is 417 g/mol. The molecule has 31 heavy (non-hydrogen) atoms. The number of unbranched alkanes of at least 4 members (excludes halogenated alkanes) is 1. The van der Waals surface area contributed by atoms with E-state index in [9.17, 15) is 0 Å². The van der Waals surface area contributed by atoms with Gasteiger partial charge in [-0.1, -0.05) is 36.8 Å². The summed E-state index contributed by atoms with van der Waals surface area (Å²) < 4.78 is 8.09. The number of aromatic nitrogens is 3. The maximum absolute atomic E-state index is 5.99. The highest BCUT2D eigenvalue weighted by Crippen LogP contribution is 2.40. The zero-order valence-electron chi connectivity index (χ0n) is 19.8. The first kappa shape index (κ1) is 21.6. The zero-order valence-corrected chi connectivity index (χ0v) is 19.8. The van der Waals surface area contributed by atoms with Gasteiger partial charge in [0.05, 0.1) is 17.3 Å². The molecular formula is C27H35N3O. The molecule has 3 aromatic rings. The zero-order chi connectivity index (χ0) is 22.2. The smallest absolute Gasteiger partial charge is 0.121 e. The molecule has 0 saturated carbocycles. The van der Waals surface area contributed by atoms with Crippen molar-refractivity contribution in [2.24, 2.45) is 0 Å². The lowest BCUT2D eigenvalue weighted by Gasteiger charge is -2.25. The lowest BCUT2D eigenvalue weighted by atomic mass is 9.87. The van der Waals surface area contributed by atoms with Gasteiger partial charge in [-0.15, -0.1) is 5.10 Å². The van der Waals surface area contributed by atoms with Crippen molar-refractivity contribution in [3.63, 3.8) is 0 Å². The number of aryl methyl sites for hydroxylation is 3. The van der Waals surface area contributed by atoms with Crippen LogP contribution in [0.1, 0.15) is 71.1 Å². The number of nitrogens with zero attached hydrogens (tertiary/aromatic N) is 3. The second-order valence-electron chi connectivity index (χ2n) is 9.95. The molecule has 0 aliphatic heterocycles. The summed E-state index contributed by atoms with van der Waals surface area (Å²) in [5.74, 6) is 0.927. The molecule has 0 fully saturated rings. The van der Waals surface area contributed by atoms with Crippen molar-refractivity contribution in [2.75, 3.05) is 0 Å². The van der Waals surface area contributed by atoms with Gasteiger partial charge in [0.2, 0.25) is 0 Å². The van der Waals surface area contributed by atoms with Crippen molar-refractivity contribution in [1.82, 2.24) is 15.0 Å². The fraction of sp³-hybridized carbons (Fsp3) is 0.481. The van der Waals surface area contributed by atoms with E-state index in [4.69, 9.17) is 9.84 Å². The molecule has 0 unspecified atom stereocenters. The minimum absolute atomic E-state index is 0.154. The van der Waals surface area contributed by atoms with Gasteiger partial charge in [0.1, 0.15) is 11.4 Å². The maximum atomic E-state index is 5.99. The lowest BCUT2D eigenvalue weighted by Crippen LogP contribution is -2.24. The van der Waals surface area contributed by atoms with E-state index >= 15 is 0 Å². The number of ether oxygens (including phenoxy) is 1. The Morgan fingerprint density at radius 3 is 2.39 bits per heavy atom. The molecule has 0 N–H and O–H groups in total. The highest BCUT2D eigenvalue weighted by Gasteiger charge is 2.28. The van der Waals surface area contributed by atoms with Crippen LogP contribution in [0.4, 0.5) is 0 Å². The molecule has 1 heterocycles. The Kier molecular flexibility index (Phi) is 5.92. The normalized spacial score (nSPS) is 13.3. The first-order valence-electron chi connectivity index (χ1n) is 11.7. The summed E-state index contributed by atoms with van der Waals surface area (Å²) in [6.07, 6.45) is 5.71. The summed E-state index contributed by atoms with van der Waals surface area (Å²) in [6, 6.07) is 13.4. The third kappa shape index (κ3) is 4.39. The van der Waals surface area contributed by atoms with Crippen LogP contribution in [-0.2, 0) is 24.8 Å². The van der Waals surface area contributed by atoms with Gasteiger partial charge >= 0.3 is 0 Å². The van der Waals surface area contributed by atoms with Gasteiger partial charge in [-0.3, -0.25) is 0 Å². The number of fused-ring (bicyclic) bond motifs is 5. The Balaban J connectivity index is 1.90. The fourth-order valence-corrected chi connectivity index (χ4v) is 4.42. The van der Waals surface area contributed by atoms with Gasteiger partial charge in [0.15, 0.2) is 0 Å². The molecule has 0 saturated heterocycles. The molecule has 164 valence electrons. The first-order chi connectivity index (χ1) is 14.8. The molecule has 0 bridgehead atoms. The van der Waals surface area contributed by atoms with Gasteiger partial charge < -0.3 is 4.74 Å². The van der Waals surface area contributed by atoms with Crippen LogP contribution in [0.5, 0.6) is 5.75 Å². The Morgan fingerprint density at radius 2 is 1.71 bits per heavy atom. The van der Waals surface area contributed by atoms with Crippen LogP contribution in [0, 0.1) is 0 Å². The standard InChI is InChI=1S/C27H35N3O/c1-7-8-9-19-10-14-24-20(16-19)11-12-21-17-22(31-18(2)3)13-15-23(21)25-26(24)30(29-28-25)27(4,5)6/h10,13-18H,7-9,11-12H2,1-6H3. The van der Waals surface area contributed by atoms with Crippen molar-refractivity contribution in [3.05, 3.63) is 53.1 Å². The predicted octanol–water partition coefficient (Wildman–Crippen LogP) is 6.60. The minimum Gasteiger partial charge on any atom is -0.491 e. The number of hydrogen-bond acceptors (Lipinski definition) is 3. The molecule has 4 heteroatoms. The van der Waals surface area contributed by atoms with E-state index in [0.29, 0.717) is 0 Å². The van der Waals surface area contributed by atoms with E-state index in [1.54, 1.807) is 0 Å². The quantitative estimate of drug-likeness (QED) is 0.470. The summed E-state index contributed by atoms with van der Waals surface area (Å²) in [4.78, 5) is 0. The molecule has 0 radical (unpaired) electrons. The second kappa shape index (κ2) is 8.49. The third-order valence-electron chi connectivity index (χ3n) is 5.92. The SMILES string of the molecule is CCCCc1ccc2c(c1)CCc1cc(OC(C)C)ccc1-c1nnn(C(C)(C)C)c1-2. The summed E-state index contributed by atoms with van der Waals surface area (Å²) in [6.45, 7) is 13.0. The molecule has 4 nitrogen and oxygen atoms in total. The summed E-state index contributed by atoms with van der Waals surface area (Å²) in [7, 11) is 0. The fourth-order valence-electron chi connectivity index (χ4n) is 4.42. The Hall–Kier alpha value is -2.62. The molecule has 0 spiro atoms. The Bertz CT molecular complexity index is 1070. The number of rotatable bonds is 5. The van der Waals surface area contributed by atoms with Crippen LogP contribution in [0.15, 0.2) is 36.4 Å². The highest BCUT2D eigenvalue weighted by molar-refractivity contribution is 5.83. The van der Waals surface area contributed by atoms with Crippen molar-refractivity contribution in [1.29, 1.82) is 0 Å². The van der Waals surface area contributed by atoms with Gasteiger partial charge in [-0.2, -0.15) is 0 Å². The third-order valence-corrected chi connectivity index (χ3v) is 5.92. The van der Waals surface area contributed by atoms with E-state index in [1.807, 2.05) is 0 Å². The van der Waals surface area contributed by atoms with Crippen molar-refractivity contribution in [3.8, 4) is 28.3 Å². The van der Waals surface area contributed by atoms with Crippen molar-refractivity contribution in [2.45, 2.75) is 85.3 Å². The van der Waals surface area contributed by atoms with Gasteiger partial charge in [-0.25, -0.2) is 4.68 Å². The molecule has 1 aliphatic rings. The van der Waals surface area contributed by atoms with Crippen LogP contribution >= 0.6 is 0 Å². The van der Waals surface area contributed by atoms with Crippen molar-refractivity contribution < 1.29 is 4.74 Å². The van der Waals surface area contributed by atoms with Crippen LogP contribution in [0.3, 0.4) is 0 Å². The van der Waals surface area contributed by atoms with Crippen LogP contribution in [0.2, 0.25) is 0 Å². The molecule has 2 aromatic carbocycles.